The highest BCUT2D eigenvalue weighted by molar-refractivity contribution is 7.16. The quantitative estimate of drug-likeness (QED) is 0.525. The van der Waals surface area contributed by atoms with Crippen LogP contribution in [0, 0.1) is 11.8 Å². The molecule has 0 aliphatic heterocycles. The fourth-order valence-electron chi connectivity index (χ4n) is 2.73. The van der Waals surface area contributed by atoms with Gasteiger partial charge in [0.05, 0.1) is 6.04 Å². The molecule has 1 aliphatic rings. The predicted octanol–water partition coefficient (Wildman–Crippen LogP) is 3.28. The highest BCUT2D eigenvalue weighted by atomic mass is 31.0. The van der Waals surface area contributed by atoms with E-state index in [0.717, 1.165) is 12.1 Å². The van der Waals surface area contributed by atoms with Crippen molar-refractivity contribution in [3.05, 3.63) is 0 Å². The van der Waals surface area contributed by atoms with E-state index in [1.54, 1.807) is 0 Å². The summed E-state index contributed by atoms with van der Waals surface area (Å²) in [6, 6.07) is -0.362. The Morgan fingerprint density at radius 3 is 2.33 bits per heavy atom. The molecule has 1 amide bonds. The molecule has 1 N–H and O–H groups in total. The molecule has 1 fully saturated rings. The molecule has 0 heterocycles. The molecule has 120 valence electrons. The van der Waals surface area contributed by atoms with Crippen LogP contribution in [0.2, 0.25) is 19.5 Å². The minimum Gasteiger partial charge on any atom is -0.346 e. The number of amides is 1. The van der Waals surface area contributed by atoms with E-state index in [-0.39, 0.29) is 23.7 Å². The Labute approximate surface area is 132 Å². The second kappa shape index (κ2) is 8.93. The van der Waals surface area contributed by atoms with Gasteiger partial charge >= 0.3 is 0 Å². The van der Waals surface area contributed by atoms with Crippen LogP contribution in [0.15, 0.2) is 0 Å². The van der Waals surface area contributed by atoms with Gasteiger partial charge < -0.3 is 5.32 Å². The number of carbonyl (C=O) groups excluding carboxylic acids is 2. The third kappa shape index (κ3) is 6.10. The molecule has 21 heavy (non-hydrogen) atoms. The summed E-state index contributed by atoms with van der Waals surface area (Å²) >= 11 is 0. The van der Waals surface area contributed by atoms with Crippen LogP contribution in [0.4, 0.5) is 0 Å². The fourth-order valence-corrected chi connectivity index (χ4v) is 2.94. The van der Waals surface area contributed by atoms with Crippen molar-refractivity contribution in [3.8, 4) is 0 Å². The van der Waals surface area contributed by atoms with Crippen molar-refractivity contribution in [3.63, 3.8) is 0 Å². The third-order valence-electron chi connectivity index (χ3n) is 4.91. The van der Waals surface area contributed by atoms with Gasteiger partial charge in [-0.15, -0.1) is 9.24 Å². The first-order chi connectivity index (χ1) is 9.85. The summed E-state index contributed by atoms with van der Waals surface area (Å²) < 4.78 is 0. The van der Waals surface area contributed by atoms with Gasteiger partial charge in [0.2, 0.25) is 5.91 Å². The summed E-state index contributed by atoms with van der Waals surface area (Å²) in [6.45, 7) is 8.64. The smallest absolute Gasteiger partial charge is 0.223 e. The molecule has 0 bridgehead atoms. The minimum atomic E-state index is -0.362. The number of hydrogen-bond acceptors (Lipinski definition) is 2. The second-order valence-electron chi connectivity index (χ2n) is 7.07. The van der Waals surface area contributed by atoms with E-state index in [9.17, 15) is 9.59 Å². The van der Waals surface area contributed by atoms with Crippen LogP contribution in [-0.4, -0.2) is 30.6 Å². The molecule has 0 aromatic heterocycles. The zero-order valence-corrected chi connectivity index (χ0v) is 15.2. The van der Waals surface area contributed by atoms with E-state index in [0.29, 0.717) is 19.0 Å². The molecule has 1 saturated carbocycles. The van der Waals surface area contributed by atoms with Crippen LogP contribution < -0.4 is 5.32 Å². The monoisotopic (exact) mass is 311 g/mol. The Morgan fingerprint density at radius 2 is 1.90 bits per heavy atom. The molecule has 1 rings (SSSR count). The van der Waals surface area contributed by atoms with Crippen molar-refractivity contribution in [2.75, 3.05) is 6.16 Å². The lowest BCUT2D eigenvalue weighted by molar-refractivity contribution is -0.129. The molecule has 1 unspecified atom stereocenters. The lowest BCUT2D eigenvalue weighted by atomic mass is 9.42. The molecule has 0 spiro atoms. The molecule has 5 heteroatoms. The Morgan fingerprint density at radius 1 is 1.29 bits per heavy atom. The van der Waals surface area contributed by atoms with Crippen molar-refractivity contribution in [1.29, 1.82) is 0 Å². The van der Waals surface area contributed by atoms with Crippen molar-refractivity contribution in [2.45, 2.75) is 71.5 Å². The largest absolute Gasteiger partial charge is 0.346 e. The van der Waals surface area contributed by atoms with Gasteiger partial charge in [-0.2, -0.15) is 0 Å². The number of Topliss-reactive ketones (excluding diaryl/α,β-unsaturated/α-hetero) is 1. The molecular weight excluding hydrogens is 280 g/mol. The topological polar surface area (TPSA) is 46.2 Å². The average Bonchev–Trinajstić information content (AvgIpc) is 2.39. The van der Waals surface area contributed by atoms with E-state index >= 15 is 0 Å². The van der Waals surface area contributed by atoms with Crippen molar-refractivity contribution >= 4 is 27.6 Å². The summed E-state index contributed by atoms with van der Waals surface area (Å²) in [6.07, 6.45) is 6.51. The maximum absolute atomic E-state index is 12.4. The standard InChI is InChI=1S/C16H31BNO2P/c1-11(10-21)16(20)18-12(2)15(19)9-14(17(3)4)8-13-6-5-7-13/h11-14H,5-10,21H2,1-4H3,(H,18,20)/t11-,12+,14-/m1/s1. The molecular formula is C16H31BNO2P. The van der Waals surface area contributed by atoms with Crippen LogP contribution in [0.1, 0.15) is 46.0 Å². The van der Waals surface area contributed by atoms with E-state index in [4.69, 9.17) is 0 Å². The first-order valence-corrected chi connectivity index (χ1v) is 9.19. The van der Waals surface area contributed by atoms with Crippen LogP contribution in [0.25, 0.3) is 0 Å². The van der Waals surface area contributed by atoms with Crippen molar-refractivity contribution in [2.24, 2.45) is 11.8 Å². The number of ketones is 1. The fraction of sp³-hybridized carbons (Fsp3) is 0.875. The minimum absolute atomic E-state index is 0.0223. The van der Waals surface area contributed by atoms with Crippen LogP contribution in [-0.2, 0) is 9.59 Å². The van der Waals surface area contributed by atoms with Gasteiger partial charge in [-0.1, -0.05) is 52.1 Å². The highest BCUT2D eigenvalue weighted by Gasteiger charge is 2.28. The third-order valence-corrected chi connectivity index (χ3v) is 5.62. The molecule has 0 radical (unpaired) electrons. The zero-order chi connectivity index (χ0) is 16.0. The Balaban J connectivity index is 2.45. The number of rotatable bonds is 9. The average molecular weight is 311 g/mol. The molecule has 4 atom stereocenters. The van der Waals surface area contributed by atoms with Crippen LogP contribution in [0.5, 0.6) is 0 Å². The van der Waals surface area contributed by atoms with Gasteiger partial charge in [-0.25, -0.2) is 0 Å². The van der Waals surface area contributed by atoms with E-state index in [2.05, 4.69) is 28.2 Å². The van der Waals surface area contributed by atoms with E-state index < -0.39 is 0 Å². The summed E-state index contributed by atoms with van der Waals surface area (Å²) in [5.41, 5.74) is 0. The summed E-state index contributed by atoms with van der Waals surface area (Å²) in [5, 5.41) is 2.85. The summed E-state index contributed by atoms with van der Waals surface area (Å²) in [7, 11) is 2.57. The first kappa shape index (κ1) is 18.7. The second-order valence-corrected chi connectivity index (χ2v) is 7.55. The SMILES string of the molecule is CB(C)[C@@H](CC(=O)[C@H](C)NC(=O)[C@H](C)CP)CC1CCC1. The molecule has 3 nitrogen and oxygen atoms in total. The molecule has 0 aromatic rings. The van der Waals surface area contributed by atoms with Gasteiger partial charge in [0, 0.05) is 12.3 Å². The lowest BCUT2D eigenvalue weighted by Crippen LogP contribution is -2.42. The van der Waals surface area contributed by atoms with Gasteiger partial charge in [0.25, 0.3) is 0 Å². The first-order valence-electron chi connectivity index (χ1n) is 8.38. The lowest BCUT2D eigenvalue weighted by Gasteiger charge is -2.31. The summed E-state index contributed by atoms with van der Waals surface area (Å²) in [4.78, 5) is 24.2. The summed E-state index contributed by atoms with van der Waals surface area (Å²) in [5.74, 6) is 1.39. The predicted molar refractivity (Wildman–Crippen MR) is 94.2 cm³/mol. The number of nitrogens with one attached hydrogen (secondary N) is 1. The van der Waals surface area contributed by atoms with Crippen molar-refractivity contribution in [1.82, 2.24) is 5.32 Å². The number of hydrogen-bond donors (Lipinski definition) is 1. The van der Waals surface area contributed by atoms with E-state index in [1.807, 2.05) is 13.8 Å². The van der Waals surface area contributed by atoms with Gasteiger partial charge in [0.1, 0.15) is 6.71 Å². The zero-order valence-electron chi connectivity index (χ0n) is 14.0. The molecule has 1 aliphatic carbocycles. The normalized spacial score (nSPS) is 19.3. The van der Waals surface area contributed by atoms with Gasteiger partial charge in [-0.05, 0) is 19.0 Å². The van der Waals surface area contributed by atoms with Crippen LogP contribution in [0.3, 0.4) is 0 Å². The maximum atomic E-state index is 12.4. The van der Waals surface area contributed by atoms with Crippen molar-refractivity contribution < 1.29 is 9.59 Å². The van der Waals surface area contributed by atoms with Crippen LogP contribution >= 0.6 is 9.24 Å². The van der Waals surface area contributed by atoms with Gasteiger partial charge in [-0.3, -0.25) is 9.59 Å². The Hall–Kier alpha value is -0.365. The maximum Gasteiger partial charge on any atom is 0.223 e. The molecule has 0 aromatic carbocycles. The Kier molecular flexibility index (Phi) is 7.94. The Bertz CT molecular complexity index is 358. The highest BCUT2D eigenvalue weighted by Crippen LogP contribution is 2.36. The van der Waals surface area contributed by atoms with E-state index in [1.165, 1.54) is 25.7 Å². The number of carbonyl (C=O) groups is 2. The molecule has 0 saturated heterocycles. The van der Waals surface area contributed by atoms with Gasteiger partial charge in [0.15, 0.2) is 5.78 Å².